The predicted molar refractivity (Wildman–Crippen MR) is 90.1 cm³/mol. The maximum Gasteiger partial charge on any atom is 0.274 e. The third-order valence-corrected chi connectivity index (χ3v) is 5.90. The van der Waals surface area contributed by atoms with Gasteiger partial charge in [0.15, 0.2) is 15.5 Å². The van der Waals surface area contributed by atoms with Gasteiger partial charge in [0.2, 0.25) is 0 Å². The fourth-order valence-electron chi connectivity index (χ4n) is 2.89. The SMILES string of the molecule is Cc1ccc(-n2nc(C)c(C(=O)NC3CCS(=O)(=O)C3)n2)c(C)c1. The predicted octanol–water partition coefficient (Wildman–Crippen LogP) is 1.11. The topological polar surface area (TPSA) is 94.0 Å². The molecule has 0 saturated carbocycles. The van der Waals surface area contributed by atoms with Crippen LogP contribution in [0.2, 0.25) is 0 Å². The average Bonchev–Trinajstić information content (AvgIpc) is 3.01. The van der Waals surface area contributed by atoms with Crippen LogP contribution in [-0.2, 0) is 9.84 Å². The molecule has 0 spiro atoms. The quantitative estimate of drug-likeness (QED) is 0.897. The normalized spacial score (nSPS) is 19.4. The zero-order valence-electron chi connectivity index (χ0n) is 13.9. The van der Waals surface area contributed by atoms with Crippen molar-refractivity contribution in [3.63, 3.8) is 0 Å². The molecule has 1 aliphatic heterocycles. The Balaban J connectivity index is 1.82. The molecule has 24 heavy (non-hydrogen) atoms. The van der Waals surface area contributed by atoms with E-state index in [1.807, 2.05) is 32.0 Å². The summed E-state index contributed by atoms with van der Waals surface area (Å²) in [7, 11) is -3.04. The van der Waals surface area contributed by atoms with Gasteiger partial charge in [0.25, 0.3) is 5.91 Å². The minimum absolute atomic E-state index is 0.0109. The van der Waals surface area contributed by atoms with Gasteiger partial charge in [-0.15, -0.1) is 5.10 Å². The van der Waals surface area contributed by atoms with Crippen LogP contribution < -0.4 is 5.32 Å². The van der Waals surface area contributed by atoms with Gasteiger partial charge in [-0.3, -0.25) is 4.79 Å². The number of aromatic nitrogens is 3. The van der Waals surface area contributed by atoms with E-state index < -0.39 is 9.84 Å². The summed E-state index contributed by atoms with van der Waals surface area (Å²) < 4.78 is 23.0. The van der Waals surface area contributed by atoms with Crippen molar-refractivity contribution in [1.82, 2.24) is 20.3 Å². The molecular formula is C16H20N4O3S. The summed E-state index contributed by atoms with van der Waals surface area (Å²) in [5.41, 5.74) is 3.69. The van der Waals surface area contributed by atoms with Gasteiger partial charge in [-0.05, 0) is 38.8 Å². The Hall–Kier alpha value is -2.22. The average molecular weight is 348 g/mol. The number of carbonyl (C=O) groups is 1. The molecule has 1 unspecified atom stereocenters. The molecule has 1 aliphatic rings. The van der Waals surface area contributed by atoms with Gasteiger partial charge in [-0.2, -0.15) is 9.90 Å². The number of nitrogens with one attached hydrogen (secondary N) is 1. The van der Waals surface area contributed by atoms with Crippen molar-refractivity contribution in [2.45, 2.75) is 33.2 Å². The summed E-state index contributed by atoms with van der Waals surface area (Å²) in [5.74, 6) is -0.277. The number of benzene rings is 1. The van der Waals surface area contributed by atoms with Gasteiger partial charge < -0.3 is 5.32 Å². The number of sulfone groups is 1. The van der Waals surface area contributed by atoms with Crippen molar-refractivity contribution in [3.8, 4) is 5.69 Å². The van der Waals surface area contributed by atoms with Crippen LogP contribution in [0.25, 0.3) is 5.69 Å². The second kappa shape index (κ2) is 6.01. The molecule has 1 amide bonds. The molecule has 0 radical (unpaired) electrons. The van der Waals surface area contributed by atoms with Gasteiger partial charge in [0.05, 0.1) is 22.9 Å². The fraction of sp³-hybridized carbons (Fsp3) is 0.438. The number of amides is 1. The maximum atomic E-state index is 12.4. The lowest BCUT2D eigenvalue weighted by atomic mass is 10.1. The first-order valence-electron chi connectivity index (χ1n) is 7.78. The molecule has 0 bridgehead atoms. The van der Waals surface area contributed by atoms with E-state index in [2.05, 4.69) is 15.5 Å². The standard InChI is InChI=1S/C16H20N4O3S/c1-10-4-5-14(11(2)8-10)20-18-12(3)15(19-20)16(21)17-13-6-7-24(22,23)9-13/h4-5,8,13H,6-7,9H2,1-3H3,(H,17,21). The fourth-order valence-corrected chi connectivity index (χ4v) is 4.56. The van der Waals surface area contributed by atoms with Crippen LogP contribution in [0.3, 0.4) is 0 Å². The van der Waals surface area contributed by atoms with Crippen LogP contribution in [0.1, 0.15) is 33.7 Å². The molecule has 1 atom stereocenters. The first-order valence-corrected chi connectivity index (χ1v) is 9.60. The highest BCUT2D eigenvalue weighted by Crippen LogP contribution is 2.16. The van der Waals surface area contributed by atoms with Crippen LogP contribution in [0.15, 0.2) is 18.2 Å². The number of hydrogen-bond acceptors (Lipinski definition) is 5. The summed E-state index contributed by atoms with van der Waals surface area (Å²) in [6, 6.07) is 5.55. The third-order valence-electron chi connectivity index (χ3n) is 4.13. The molecule has 1 N–H and O–H groups in total. The Bertz CT molecular complexity index is 902. The monoisotopic (exact) mass is 348 g/mol. The second-order valence-corrected chi connectivity index (χ2v) is 8.52. The van der Waals surface area contributed by atoms with Crippen LogP contribution in [0, 0.1) is 20.8 Å². The molecule has 8 heteroatoms. The summed E-state index contributed by atoms with van der Waals surface area (Å²) in [5, 5.41) is 11.4. The third kappa shape index (κ3) is 3.33. The summed E-state index contributed by atoms with van der Waals surface area (Å²) in [6.07, 6.45) is 0.443. The van der Waals surface area contributed by atoms with E-state index in [-0.39, 0.29) is 29.1 Å². The molecule has 7 nitrogen and oxygen atoms in total. The van der Waals surface area contributed by atoms with Gasteiger partial charge in [0, 0.05) is 6.04 Å². The molecule has 1 saturated heterocycles. The van der Waals surface area contributed by atoms with E-state index in [0.29, 0.717) is 12.1 Å². The molecule has 3 rings (SSSR count). The van der Waals surface area contributed by atoms with Crippen LogP contribution in [0.5, 0.6) is 0 Å². The number of carbonyl (C=O) groups excluding carboxylic acids is 1. The summed E-state index contributed by atoms with van der Waals surface area (Å²) in [6.45, 7) is 5.69. The van der Waals surface area contributed by atoms with E-state index in [4.69, 9.17) is 0 Å². The molecule has 128 valence electrons. The van der Waals surface area contributed by atoms with Gasteiger partial charge in [-0.1, -0.05) is 17.7 Å². The van der Waals surface area contributed by atoms with E-state index in [0.717, 1.165) is 16.8 Å². The lowest BCUT2D eigenvalue weighted by Crippen LogP contribution is -2.36. The molecule has 1 aromatic heterocycles. The first kappa shape index (κ1) is 16.6. The Kier molecular flexibility index (Phi) is 4.16. The van der Waals surface area contributed by atoms with Gasteiger partial charge in [0.1, 0.15) is 0 Å². The molecular weight excluding hydrogens is 328 g/mol. The van der Waals surface area contributed by atoms with Crippen molar-refractivity contribution in [2.24, 2.45) is 0 Å². The molecule has 1 fully saturated rings. The number of nitrogens with zero attached hydrogens (tertiary/aromatic N) is 3. The number of aryl methyl sites for hydroxylation is 3. The Labute approximate surface area is 141 Å². The zero-order valence-corrected chi connectivity index (χ0v) is 14.7. The lowest BCUT2D eigenvalue weighted by Gasteiger charge is -2.09. The minimum Gasteiger partial charge on any atom is -0.347 e. The van der Waals surface area contributed by atoms with Crippen molar-refractivity contribution >= 4 is 15.7 Å². The number of hydrogen-bond donors (Lipinski definition) is 1. The highest BCUT2D eigenvalue weighted by molar-refractivity contribution is 7.91. The maximum absolute atomic E-state index is 12.4. The second-order valence-electron chi connectivity index (χ2n) is 6.29. The number of rotatable bonds is 3. The van der Waals surface area contributed by atoms with E-state index in [9.17, 15) is 13.2 Å². The van der Waals surface area contributed by atoms with E-state index >= 15 is 0 Å². The zero-order chi connectivity index (χ0) is 17.5. The highest BCUT2D eigenvalue weighted by Gasteiger charge is 2.30. The van der Waals surface area contributed by atoms with Crippen molar-refractivity contribution in [3.05, 3.63) is 40.7 Å². The summed E-state index contributed by atoms with van der Waals surface area (Å²) in [4.78, 5) is 13.8. The van der Waals surface area contributed by atoms with Crippen molar-refractivity contribution < 1.29 is 13.2 Å². The van der Waals surface area contributed by atoms with Gasteiger partial charge in [-0.25, -0.2) is 8.42 Å². The molecule has 2 heterocycles. The molecule has 2 aromatic rings. The van der Waals surface area contributed by atoms with Crippen LogP contribution >= 0.6 is 0 Å². The Morgan fingerprint density at radius 3 is 2.62 bits per heavy atom. The van der Waals surface area contributed by atoms with Crippen LogP contribution in [-0.4, -0.2) is 46.9 Å². The van der Waals surface area contributed by atoms with Crippen LogP contribution in [0.4, 0.5) is 0 Å². The highest BCUT2D eigenvalue weighted by atomic mass is 32.2. The summed E-state index contributed by atoms with van der Waals surface area (Å²) >= 11 is 0. The minimum atomic E-state index is -3.04. The largest absolute Gasteiger partial charge is 0.347 e. The smallest absolute Gasteiger partial charge is 0.274 e. The van der Waals surface area contributed by atoms with Gasteiger partial charge >= 0.3 is 0 Å². The molecule has 1 aromatic carbocycles. The Morgan fingerprint density at radius 2 is 2.00 bits per heavy atom. The van der Waals surface area contributed by atoms with E-state index in [1.54, 1.807) is 6.92 Å². The Morgan fingerprint density at radius 1 is 1.25 bits per heavy atom. The first-order chi connectivity index (χ1) is 11.2. The van der Waals surface area contributed by atoms with Crippen molar-refractivity contribution in [2.75, 3.05) is 11.5 Å². The molecule has 0 aliphatic carbocycles. The van der Waals surface area contributed by atoms with E-state index in [1.165, 1.54) is 4.80 Å². The van der Waals surface area contributed by atoms with Crippen molar-refractivity contribution in [1.29, 1.82) is 0 Å². The lowest BCUT2D eigenvalue weighted by molar-refractivity contribution is 0.0935.